The molecular formula is C24H24ClFN2O6S2. The first-order chi connectivity index (χ1) is 17.0. The fourth-order valence-electron chi connectivity index (χ4n) is 4.11. The molecule has 36 heavy (non-hydrogen) atoms. The van der Waals surface area contributed by atoms with Crippen LogP contribution in [-0.4, -0.2) is 56.1 Å². The Morgan fingerprint density at radius 3 is 2.56 bits per heavy atom. The monoisotopic (exact) mass is 554 g/mol. The van der Waals surface area contributed by atoms with E-state index in [4.69, 9.17) is 16.1 Å². The summed E-state index contributed by atoms with van der Waals surface area (Å²) in [6.07, 6.45) is 0.701. The van der Waals surface area contributed by atoms with Gasteiger partial charge >= 0.3 is 0 Å². The van der Waals surface area contributed by atoms with Crippen molar-refractivity contribution in [3.8, 4) is 11.3 Å². The maximum atomic E-state index is 14.5. The third-order valence-corrected chi connectivity index (χ3v) is 10.0. The van der Waals surface area contributed by atoms with Crippen LogP contribution in [-0.2, 0) is 26.2 Å². The van der Waals surface area contributed by atoms with Crippen molar-refractivity contribution in [3.63, 3.8) is 0 Å². The second-order valence-corrected chi connectivity index (χ2v) is 13.4. The van der Waals surface area contributed by atoms with Gasteiger partial charge < -0.3 is 9.42 Å². The largest absolute Gasteiger partial charge is 0.355 e. The van der Waals surface area contributed by atoms with E-state index >= 15 is 0 Å². The van der Waals surface area contributed by atoms with Crippen molar-refractivity contribution in [1.82, 2.24) is 10.1 Å². The summed E-state index contributed by atoms with van der Waals surface area (Å²) in [5, 5.41) is 3.97. The quantitative estimate of drug-likeness (QED) is 0.411. The Balaban J connectivity index is 1.62. The van der Waals surface area contributed by atoms with Gasteiger partial charge in [-0.25, -0.2) is 21.2 Å². The number of aromatic nitrogens is 1. The molecule has 0 saturated carbocycles. The third kappa shape index (κ3) is 5.63. The van der Waals surface area contributed by atoms with Crippen LogP contribution in [0, 0.1) is 5.82 Å². The Morgan fingerprint density at radius 2 is 1.94 bits per heavy atom. The molecule has 1 aliphatic heterocycles. The lowest BCUT2D eigenvalue weighted by Crippen LogP contribution is -2.41. The van der Waals surface area contributed by atoms with Crippen LogP contribution in [0.4, 0.5) is 4.39 Å². The third-order valence-electron chi connectivity index (χ3n) is 6.00. The van der Waals surface area contributed by atoms with E-state index in [2.05, 4.69) is 5.16 Å². The van der Waals surface area contributed by atoms with E-state index in [-0.39, 0.29) is 57.2 Å². The molecule has 12 heteroatoms. The zero-order valence-corrected chi connectivity index (χ0v) is 21.7. The highest BCUT2D eigenvalue weighted by atomic mass is 35.5. The first-order valence-corrected chi connectivity index (χ1v) is 15.1. The van der Waals surface area contributed by atoms with E-state index in [1.807, 2.05) is 0 Å². The van der Waals surface area contributed by atoms with Gasteiger partial charge in [-0.05, 0) is 49.2 Å². The minimum atomic E-state index is -3.38. The summed E-state index contributed by atoms with van der Waals surface area (Å²) < 4.78 is 68.5. The van der Waals surface area contributed by atoms with Gasteiger partial charge in [0.1, 0.15) is 5.82 Å². The second kappa shape index (κ2) is 10.3. The number of rotatable bonds is 8. The fraction of sp³-hybridized carbons (Fsp3) is 0.333. The normalized spacial score (nSPS) is 17.2. The lowest BCUT2D eigenvalue weighted by Gasteiger charge is -2.28. The van der Waals surface area contributed by atoms with Gasteiger partial charge in [-0.15, -0.1) is 0 Å². The van der Waals surface area contributed by atoms with Crippen LogP contribution in [0.5, 0.6) is 0 Å². The number of amides is 1. The zero-order valence-electron chi connectivity index (χ0n) is 19.4. The Hall–Kier alpha value is -2.76. The van der Waals surface area contributed by atoms with Crippen molar-refractivity contribution >= 4 is 37.2 Å². The Kier molecular flexibility index (Phi) is 7.53. The number of halogens is 2. The Morgan fingerprint density at radius 1 is 1.22 bits per heavy atom. The molecule has 192 valence electrons. The molecule has 0 bridgehead atoms. The van der Waals surface area contributed by atoms with E-state index in [9.17, 15) is 26.0 Å². The van der Waals surface area contributed by atoms with E-state index in [0.29, 0.717) is 12.0 Å². The lowest BCUT2D eigenvalue weighted by atomic mass is 10.1. The van der Waals surface area contributed by atoms with Crippen molar-refractivity contribution in [1.29, 1.82) is 0 Å². The Bertz CT molecular complexity index is 1470. The highest BCUT2D eigenvalue weighted by molar-refractivity contribution is 7.91. The summed E-state index contributed by atoms with van der Waals surface area (Å²) in [6, 6.07) is 10.9. The SMILES string of the molecule is CCCS(=O)(=O)c1ccc(-c2cc(C(=O)N(Cc3c(F)cccc3Cl)C3CCS(=O)(=O)C3)no2)cc1. The van der Waals surface area contributed by atoms with Gasteiger partial charge in [0, 0.05) is 28.3 Å². The average Bonchev–Trinajstić information content (AvgIpc) is 3.45. The van der Waals surface area contributed by atoms with Crippen molar-refractivity contribution in [2.75, 3.05) is 17.3 Å². The molecule has 1 aromatic heterocycles. The van der Waals surface area contributed by atoms with Gasteiger partial charge in [-0.1, -0.05) is 29.7 Å². The molecule has 0 spiro atoms. The molecule has 0 N–H and O–H groups in total. The number of carbonyl (C=O) groups excluding carboxylic acids is 1. The van der Waals surface area contributed by atoms with Crippen molar-refractivity contribution in [2.24, 2.45) is 0 Å². The topological polar surface area (TPSA) is 115 Å². The van der Waals surface area contributed by atoms with Crippen molar-refractivity contribution < 1.29 is 30.5 Å². The smallest absolute Gasteiger partial charge is 0.276 e. The molecule has 0 aliphatic carbocycles. The van der Waals surface area contributed by atoms with Crippen LogP contribution in [0.3, 0.4) is 0 Å². The summed E-state index contributed by atoms with van der Waals surface area (Å²) in [5.41, 5.74) is 0.484. The molecule has 1 atom stereocenters. The van der Waals surface area contributed by atoms with Crippen LogP contribution >= 0.6 is 11.6 Å². The van der Waals surface area contributed by atoms with Crippen LogP contribution < -0.4 is 0 Å². The predicted octanol–water partition coefficient (Wildman–Crippen LogP) is 4.15. The van der Waals surface area contributed by atoms with Crippen molar-refractivity contribution in [2.45, 2.75) is 37.2 Å². The first-order valence-electron chi connectivity index (χ1n) is 11.2. The maximum Gasteiger partial charge on any atom is 0.276 e. The molecule has 8 nitrogen and oxygen atoms in total. The summed E-state index contributed by atoms with van der Waals surface area (Å²) >= 11 is 6.16. The van der Waals surface area contributed by atoms with Gasteiger partial charge in [0.05, 0.1) is 28.7 Å². The molecule has 1 saturated heterocycles. The minimum Gasteiger partial charge on any atom is -0.355 e. The van der Waals surface area contributed by atoms with E-state index in [1.54, 1.807) is 19.1 Å². The molecule has 1 aliphatic rings. The second-order valence-electron chi connectivity index (χ2n) is 8.61. The van der Waals surface area contributed by atoms with Gasteiger partial charge in [-0.2, -0.15) is 0 Å². The number of hydrogen-bond donors (Lipinski definition) is 0. The highest BCUT2D eigenvalue weighted by Gasteiger charge is 2.36. The highest BCUT2D eigenvalue weighted by Crippen LogP contribution is 2.28. The summed E-state index contributed by atoms with van der Waals surface area (Å²) in [5.74, 6) is -1.31. The van der Waals surface area contributed by atoms with E-state index < -0.39 is 37.4 Å². The molecule has 2 aromatic carbocycles. The van der Waals surface area contributed by atoms with Crippen molar-refractivity contribution in [3.05, 3.63) is 70.6 Å². The van der Waals surface area contributed by atoms with Crippen LogP contribution in [0.1, 0.15) is 35.8 Å². The lowest BCUT2D eigenvalue weighted by molar-refractivity contribution is 0.0668. The average molecular weight is 555 g/mol. The first kappa shape index (κ1) is 26.3. The maximum absolute atomic E-state index is 14.5. The van der Waals surface area contributed by atoms with Crippen LogP contribution in [0.15, 0.2) is 57.9 Å². The molecule has 0 radical (unpaired) electrons. The van der Waals surface area contributed by atoms with Gasteiger partial charge in [-0.3, -0.25) is 4.79 Å². The molecule has 3 aromatic rings. The number of sulfone groups is 2. The summed E-state index contributed by atoms with van der Waals surface area (Å²) in [4.78, 5) is 14.9. The standard InChI is InChI=1S/C24H24ClFN2O6S2/c1-2-11-36(32,33)18-8-6-16(7-9-18)23-13-22(27-34-23)24(29)28(17-10-12-35(30,31)15-17)14-19-20(25)4-3-5-21(19)26/h3-9,13,17H,2,10-12,14-15H2,1H3. The molecule has 1 fully saturated rings. The van der Waals surface area contributed by atoms with Gasteiger partial charge in [0.25, 0.3) is 5.91 Å². The van der Waals surface area contributed by atoms with E-state index in [1.165, 1.54) is 41.3 Å². The number of carbonyl (C=O) groups is 1. The van der Waals surface area contributed by atoms with Crippen LogP contribution in [0.25, 0.3) is 11.3 Å². The Labute approximate surface area is 213 Å². The molecule has 1 amide bonds. The molecule has 4 rings (SSSR count). The summed E-state index contributed by atoms with van der Waals surface area (Å²) in [7, 11) is -6.72. The molecule has 1 unspecified atom stereocenters. The van der Waals surface area contributed by atoms with Gasteiger partial charge in [0.2, 0.25) is 0 Å². The number of hydrogen-bond acceptors (Lipinski definition) is 7. The van der Waals surface area contributed by atoms with E-state index in [0.717, 1.165) is 0 Å². The molecule has 2 heterocycles. The predicted molar refractivity (Wildman–Crippen MR) is 133 cm³/mol. The number of benzene rings is 2. The molecular weight excluding hydrogens is 531 g/mol. The van der Waals surface area contributed by atoms with Crippen LogP contribution in [0.2, 0.25) is 5.02 Å². The fourth-order valence-corrected chi connectivity index (χ4v) is 7.39. The number of nitrogens with zero attached hydrogens (tertiary/aromatic N) is 2. The summed E-state index contributed by atoms with van der Waals surface area (Å²) in [6.45, 7) is 1.54. The zero-order chi connectivity index (χ0) is 26.1. The van der Waals surface area contributed by atoms with Gasteiger partial charge in [0.15, 0.2) is 31.1 Å². The minimum absolute atomic E-state index is 0.0338.